The molecule has 1 aliphatic heterocycles. The Kier molecular flexibility index (Phi) is 9.08. The number of rotatable bonds is 9. The van der Waals surface area contributed by atoms with Gasteiger partial charge >= 0.3 is 12.5 Å². The molecule has 1 saturated heterocycles. The predicted molar refractivity (Wildman–Crippen MR) is 134 cm³/mol. The lowest BCUT2D eigenvalue weighted by Crippen LogP contribution is -2.49. The Hall–Kier alpha value is -3.13. The van der Waals surface area contributed by atoms with Crippen LogP contribution in [0.15, 0.2) is 83.8 Å². The maximum absolute atomic E-state index is 13.3. The van der Waals surface area contributed by atoms with Crippen molar-refractivity contribution >= 4 is 10.0 Å². The van der Waals surface area contributed by atoms with E-state index in [2.05, 4.69) is 4.74 Å². The van der Waals surface area contributed by atoms with Gasteiger partial charge in [-0.2, -0.15) is 17.5 Å². The van der Waals surface area contributed by atoms with Gasteiger partial charge in [-0.1, -0.05) is 54.6 Å². The van der Waals surface area contributed by atoms with Gasteiger partial charge in [-0.15, -0.1) is 13.2 Å². The molecule has 0 aromatic heterocycles. The maximum Gasteiger partial charge on any atom is 0.573 e. The van der Waals surface area contributed by atoms with Crippen LogP contribution >= 0.6 is 0 Å². The Balaban J connectivity index is 1.39. The lowest BCUT2D eigenvalue weighted by atomic mass is 9.99. The summed E-state index contributed by atoms with van der Waals surface area (Å²) in [6.07, 6.45) is -10.3. The molecule has 0 N–H and O–H groups in total. The summed E-state index contributed by atoms with van der Waals surface area (Å²) in [6, 6.07) is 18.3. The lowest BCUT2D eigenvalue weighted by molar-refractivity contribution is -0.275. The zero-order valence-electron chi connectivity index (χ0n) is 21.0. The molecule has 0 spiro atoms. The standard InChI is InChI=1S/C27H26F6N2O4S/c28-26(29,30)22-10-6-9-21(19-22)25(20-7-2-1-3-8-20)38-18-17-34-13-15-35(16-14-34)40(36,37)24-12-5-4-11-23(24)39-27(31,32)33/h1-12,19,25H,13-18H2/t25-/m1/s1. The van der Waals surface area contributed by atoms with Crippen molar-refractivity contribution in [3.8, 4) is 5.75 Å². The minimum absolute atomic E-state index is 0.0262. The number of ether oxygens (including phenoxy) is 2. The largest absolute Gasteiger partial charge is 0.573 e. The Morgan fingerprint density at radius 1 is 0.775 bits per heavy atom. The molecule has 1 atom stereocenters. The van der Waals surface area contributed by atoms with E-state index in [-0.39, 0.29) is 32.8 Å². The molecule has 0 radical (unpaired) electrons. The van der Waals surface area contributed by atoms with E-state index in [1.54, 1.807) is 36.4 Å². The maximum atomic E-state index is 13.3. The average Bonchev–Trinajstić information content (AvgIpc) is 2.91. The number of hydrogen-bond acceptors (Lipinski definition) is 5. The molecule has 1 fully saturated rings. The Morgan fingerprint density at radius 3 is 2.05 bits per heavy atom. The van der Waals surface area contributed by atoms with Crippen LogP contribution in [0.3, 0.4) is 0 Å². The molecule has 0 unspecified atom stereocenters. The van der Waals surface area contributed by atoms with Crippen LogP contribution in [-0.4, -0.2) is 63.3 Å². The van der Waals surface area contributed by atoms with Gasteiger partial charge in [-0.3, -0.25) is 4.90 Å². The van der Waals surface area contributed by atoms with E-state index in [0.717, 1.165) is 28.6 Å². The van der Waals surface area contributed by atoms with Gasteiger partial charge in [0.2, 0.25) is 10.0 Å². The monoisotopic (exact) mass is 588 g/mol. The first-order valence-electron chi connectivity index (χ1n) is 12.3. The van der Waals surface area contributed by atoms with Crippen molar-refractivity contribution in [3.05, 3.63) is 95.6 Å². The minimum atomic E-state index is -5.05. The molecule has 1 heterocycles. The summed E-state index contributed by atoms with van der Waals surface area (Å²) >= 11 is 0. The van der Waals surface area contributed by atoms with Crippen molar-refractivity contribution in [1.29, 1.82) is 0 Å². The number of para-hydroxylation sites is 1. The van der Waals surface area contributed by atoms with E-state index >= 15 is 0 Å². The number of nitrogens with zero attached hydrogens (tertiary/aromatic N) is 2. The number of benzene rings is 3. The Labute approximate surface area is 227 Å². The second-order valence-electron chi connectivity index (χ2n) is 9.03. The quantitative estimate of drug-likeness (QED) is 0.300. The number of sulfonamides is 1. The van der Waals surface area contributed by atoms with E-state index in [1.165, 1.54) is 18.2 Å². The third-order valence-electron chi connectivity index (χ3n) is 6.33. The molecule has 1 aliphatic rings. The normalized spacial score (nSPS) is 16.6. The van der Waals surface area contributed by atoms with E-state index in [4.69, 9.17) is 4.74 Å². The van der Waals surface area contributed by atoms with Gasteiger partial charge < -0.3 is 9.47 Å². The highest BCUT2D eigenvalue weighted by Crippen LogP contribution is 2.34. The van der Waals surface area contributed by atoms with Crippen molar-refractivity contribution in [2.75, 3.05) is 39.3 Å². The van der Waals surface area contributed by atoms with Crippen LogP contribution in [0.25, 0.3) is 0 Å². The van der Waals surface area contributed by atoms with Gasteiger partial charge in [-0.05, 0) is 35.4 Å². The minimum Gasteiger partial charge on any atom is -0.404 e. The van der Waals surface area contributed by atoms with Crippen LogP contribution in [0, 0.1) is 0 Å². The number of alkyl halides is 6. The summed E-state index contributed by atoms with van der Waals surface area (Å²) in [5, 5.41) is 0. The summed E-state index contributed by atoms with van der Waals surface area (Å²) in [7, 11) is -4.25. The summed E-state index contributed by atoms with van der Waals surface area (Å²) in [4.78, 5) is 1.34. The fourth-order valence-corrected chi connectivity index (χ4v) is 5.93. The van der Waals surface area contributed by atoms with E-state index in [0.29, 0.717) is 17.7 Å². The molecule has 0 saturated carbocycles. The molecule has 3 aromatic rings. The van der Waals surface area contributed by atoms with Crippen LogP contribution in [0.1, 0.15) is 22.8 Å². The van der Waals surface area contributed by atoms with Gasteiger partial charge in [0.15, 0.2) is 0 Å². The lowest BCUT2D eigenvalue weighted by Gasteiger charge is -2.34. The Morgan fingerprint density at radius 2 is 1.40 bits per heavy atom. The molecule has 6 nitrogen and oxygen atoms in total. The molecular formula is C27H26F6N2O4S. The second-order valence-corrected chi connectivity index (χ2v) is 10.9. The van der Waals surface area contributed by atoms with Crippen LogP contribution in [-0.2, 0) is 20.9 Å². The van der Waals surface area contributed by atoms with Gasteiger partial charge in [0.25, 0.3) is 0 Å². The van der Waals surface area contributed by atoms with Crippen molar-refractivity contribution < 1.29 is 44.2 Å². The highest BCUT2D eigenvalue weighted by molar-refractivity contribution is 7.89. The number of hydrogen-bond donors (Lipinski definition) is 0. The van der Waals surface area contributed by atoms with E-state index in [1.807, 2.05) is 4.90 Å². The molecule has 0 amide bonds. The molecular weight excluding hydrogens is 562 g/mol. The summed E-state index contributed by atoms with van der Waals surface area (Å²) in [5.41, 5.74) is 0.239. The predicted octanol–water partition coefficient (Wildman–Crippen LogP) is 5.72. The van der Waals surface area contributed by atoms with E-state index in [9.17, 15) is 34.8 Å². The second kappa shape index (κ2) is 12.2. The van der Waals surface area contributed by atoms with Crippen LogP contribution in [0.4, 0.5) is 26.3 Å². The zero-order chi connectivity index (χ0) is 29.0. The summed E-state index contributed by atoms with van der Waals surface area (Å²) in [6.45, 7) is 1.13. The SMILES string of the molecule is O=S(=O)(c1ccccc1OC(F)(F)F)N1CCN(CCO[C@H](c2ccccc2)c2cccc(C(F)(F)F)c2)CC1. The first-order chi connectivity index (χ1) is 18.8. The third-order valence-corrected chi connectivity index (χ3v) is 8.27. The van der Waals surface area contributed by atoms with Crippen molar-refractivity contribution in [2.45, 2.75) is 23.5 Å². The summed E-state index contributed by atoms with van der Waals surface area (Å²) in [5.74, 6) is -0.799. The zero-order valence-corrected chi connectivity index (χ0v) is 21.8. The molecule has 13 heteroatoms. The van der Waals surface area contributed by atoms with Gasteiger partial charge in [0.1, 0.15) is 16.7 Å². The van der Waals surface area contributed by atoms with Gasteiger partial charge in [-0.25, -0.2) is 8.42 Å². The first-order valence-corrected chi connectivity index (χ1v) is 13.7. The topological polar surface area (TPSA) is 59.1 Å². The van der Waals surface area contributed by atoms with Gasteiger partial charge in [0.05, 0.1) is 12.2 Å². The smallest absolute Gasteiger partial charge is 0.404 e. The highest BCUT2D eigenvalue weighted by Gasteiger charge is 2.36. The molecule has 0 aliphatic carbocycles. The van der Waals surface area contributed by atoms with Crippen molar-refractivity contribution in [3.63, 3.8) is 0 Å². The van der Waals surface area contributed by atoms with Gasteiger partial charge in [0, 0.05) is 32.7 Å². The van der Waals surface area contributed by atoms with Crippen molar-refractivity contribution in [1.82, 2.24) is 9.21 Å². The van der Waals surface area contributed by atoms with E-state index < -0.39 is 44.9 Å². The molecule has 40 heavy (non-hydrogen) atoms. The Bertz CT molecular complexity index is 1380. The van der Waals surface area contributed by atoms with Crippen LogP contribution in [0.2, 0.25) is 0 Å². The molecule has 3 aromatic carbocycles. The van der Waals surface area contributed by atoms with Crippen LogP contribution in [0.5, 0.6) is 5.75 Å². The summed E-state index contributed by atoms with van der Waals surface area (Å²) < 4.78 is 115. The van der Waals surface area contributed by atoms with Crippen molar-refractivity contribution in [2.24, 2.45) is 0 Å². The number of halogens is 6. The average molecular weight is 589 g/mol. The fourth-order valence-electron chi connectivity index (χ4n) is 4.40. The molecule has 216 valence electrons. The fraction of sp³-hybridized carbons (Fsp3) is 0.333. The number of piperazine rings is 1. The third kappa shape index (κ3) is 7.53. The first kappa shape index (κ1) is 29.8. The highest BCUT2D eigenvalue weighted by atomic mass is 32.2. The molecule has 4 rings (SSSR count). The molecule has 0 bridgehead atoms. The van der Waals surface area contributed by atoms with Crippen LogP contribution < -0.4 is 4.74 Å².